The molecule has 0 saturated heterocycles. The van der Waals surface area contributed by atoms with Crippen LogP contribution in [0, 0.1) is 11.3 Å². The van der Waals surface area contributed by atoms with E-state index in [9.17, 15) is 5.26 Å². The maximum absolute atomic E-state index is 9.36. The summed E-state index contributed by atoms with van der Waals surface area (Å²) in [5.41, 5.74) is 5.38. The van der Waals surface area contributed by atoms with E-state index in [1.54, 1.807) is 12.1 Å². The SMILES string of the molecule is N#C/C(=N/Nc1ccc(Br)cc1)c1nc(-c2ccc(Cl)c(Cl)c2)cs1. The van der Waals surface area contributed by atoms with Crippen LogP contribution in [0.1, 0.15) is 5.01 Å². The van der Waals surface area contributed by atoms with Crippen molar-refractivity contribution in [1.82, 2.24) is 4.98 Å². The summed E-state index contributed by atoms with van der Waals surface area (Å²) in [5.74, 6) is 0. The van der Waals surface area contributed by atoms with Crippen LogP contribution < -0.4 is 5.43 Å². The van der Waals surface area contributed by atoms with Gasteiger partial charge in [-0.3, -0.25) is 5.43 Å². The van der Waals surface area contributed by atoms with Crippen molar-refractivity contribution in [2.24, 2.45) is 5.10 Å². The zero-order valence-corrected chi connectivity index (χ0v) is 16.4. The molecule has 3 aromatic rings. The largest absolute Gasteiger partial charge is 0.277 e. The molecule has 0 radical (unpaired) electrons. The number of nitrogens with one attached hydrogen (secondary N) is 1. The van der Waals surface area contributed by atoms with E-state index >= 15 is 0 Å². The highest BCUT2D eigenvalue weighted by Gasteiger charge is 2.11. The van der Waals surface area contributed by atoms with E-state index in [0.29, 0.717) is 20.7 Å². The summed E-state index contributed by atoms with van der Waals surface area (Å²) < 4.78 is 0.966. The maximum atomic E-state index is 9.36. The van der Waals surface area contributed by atoms with Crippen molar-refractivity contribution in [2.45, 2.75) is 0 Å². The van der Waals surface area contributed by atoms with Crippen LogP contribution in [0.2, 0.25) is 10.0 Å². The van der Waals surface area contributed by atoms with Crippen molar-refractivity contribution >= 4 is 61.9 Å². The summed E-state index contributed by atoms with van der Waals surface area (Å²) in [6, 6.07) is 14.8. The highest BCUT2D eigenvalue weighted by atomic mass is 79.9. The second kappa shape index (κ2) is 7.98. The number of hydrogen-bond acceptors (Lipinski definition) is 5. The molecule has 3 rings (SSSR count). The maximum Gasteiger partial charge on any atom is 0.196 e. The van der Waals surface area contributed by atoms with Crippen molar-refractivity contribution in [2.75, 3.05) is 5.43 Å². The van der Waals surface area contributed by atoms with Crippen molar-refractivity contribution in [3.8, 4) is 17.3 Å². The van der Waals surface area contributed by atoms with Gasteiger partial charge in [0.1, 0.15) is 6.07 Å². The van der Waals surface area contributed by atoms with Crippen LogP contribution in [-0.4, -0.2) is 10.7 Å². The van der Waals surface area contributed by atoms with Crippen molar-refractivity contribution in [1.29, 1.82) is 5.26 Å². The van der Waals surface area contributed by atoms with Gasteiger partial charge in [0.25, 0.3) is 0 Å². The smallest absolute Gasteiger partial charge is 0.196 e. The van der Waals surface area contributed by atoms with Crippen molar-refractivity contribution < 1.29 is 0 Å². The number of halogens is 3. The van der Waals surface area contributed by atoms with Crippen LogP contribution in [0.15, 0.2) is 57.4 Å². The van der Waals surface area contributed by atoms with Crippen LogP contribution in [0.4, 0.5) is 5.69 Å². The molecule has 0 atom stereocenters. The molecule has 1 aromatic heterocycles. The van der Waals surface area contributed by atoms with Crippen LogP contribution >= 0.6 is 50.5 Å². The molecular weight excluding hydrogens is 443 g/mol. The molecule has 25 heavy (non-hydrogen) atoms. The van der Waals surface area contributed by atoms with Crippen LogP contribution in [0.5, 0.6) is 0 Å². The first-order valence-corrected chi connectivity index (χ1v) is 9.40. The predicted octanol–water partition coefficient (Wildman–Crippen LogP) is 6.22. The highest BCUT2D eigenvalue weighted by molar-refractivity contribution is 9.10. The summed E-state index contributed by atoms with van der Waals surface area (Å²) in [7, 11) is 0. The molecule has 0 aliphatic rings. The van der Waals surface area contributed by atoms with E-state index in [2.05, 4.69) is 37.5 Å². The molecule has 4 nitrogen and oxygen atoms in total. The van der Waals surface area contributed by atoms with Gasteiger partial charge in [-0.25, -0.2) is 4.98 Å². The Morgan fingerprint density at radius 2 is 1.92 bits per heavy atom. The minimum Gasteiger partial charge on any atom is -0.277 e. The van der Waals surface area contributed by atoms with E-state index in [0.717, 1.165) is 15.7 Å². The standard InChI is InChI=1S/C17H9BrCl2N4S/c18-11-2-4-12(5-3-11)23-24-15(8-21)17-22-16(9-25-17)10-1-6-13(19)14(20)7-10/h1-7,9,23H/b24-15-. The van der Waals surface area contributed by atoms with Gasteiger partial charge < -0.3 is 0 Å². The number of rotatable bonds is 4. The average Bonchev–Trinajstić information content (AvgIpc) is 3.09. The van der Waals surface area contributed by atoms with E-state index in [-0.39, 0.29) is 5.71 Å². The molecule has 0 fully saturated rings. The zero-order valence-electron chi connectivity index (χ0n) is 12.5. The monoisotopic (exact) mass is 450 g/mol. The fourth-order valence-electron chi connectivity index (χ4n) is 1.94. The van der Waals surface area contributed by atoms with Gasteiger partial charge >= 0.3 is 0 Å². The normalized spacial score (nSPS) is 11.2. The molecule has 0 aliphatic carbocycles. The summed E-state index contributed by atoms with van der Waals surface area (Å²) in [5, 5.41) is 16.8. The number of nitrogens with zero attached hydrogens (tertiary/aromatic N) is 3. The Labute approximate surface area is 166 Å². The minimum atomic E-state index is 0.208. The van der Waals surface area contributed by atoms with E-state index in [1.165, 1.54) is 11.3 Å². The summed E-state index contributed by atoms with van der Waals surface area (Å²) in [6.07, 6.45) is 0. The van der Waals surface area contributed by atoms with Crippen molar-refractivity contribution in [3.63, 3.8) is 0 Å². The molecule has 0 amide bonds. The summed E-state index contributed by atoms with van der Waals surface area (Å²) in [4.78, 5) is 4.46. The second-order valence-corrected chi connectivity index (χ2v) is 7.45. The lowest BCUT2D eigenvalue weighted by Crippen LogP contribution is -2.01. The first kappa shape index (κ1) is 17.9. The van der Waals surface area contributed by atoms with Crippen molar-refractivity contribution in [3.05, 3.63) is 67.4 Å². The molecule has 8 heteroatoms. The third kappa shape index (κ3) is 4.39. The fourth-order valence-corrected chi connectivity index (χ4v) is 3.26. The molecule has 0 bridgehead atoms. The fraction of sp³-hybridized carbons (Fsp3) is 0. The Kier molecular flexibility index (Phi) is 5.71. The topological polar surface area (TPSA) is 61.1 Å². The van der Waals surface area contributed by atoms with E-state index in [4.69, 9.17) is 23.2 Å². The molecule has 1 heterocycles. The van der Waals surface area contributed by atoms with Crippen LogP contribution in [0.3, 0.4) is 0 Å². The Bertz CT molecular complexity index is 977. The number of benzene rings is 2. The van der Waals surface area contributed by atoms with Crippen LogP contribution in [-0.2, 0) is 0 Å². The predicted molar refractivity (Wildman–Crippen MR) is 107 cm³/mol. The molecule has 0 spiro atoms. The third-order valence-electron chi connectivity index (χ3n) is 3.17. The van der Waals surface area contributed by atoms with E-state index in [1.807, 2.05) is 35.7 Å². The molecule has 1 N–H and O–H groups in total. The van der Waals surface area contributed by atoms with Gasteiger partial charge in [-0.05, 0) is 36.4 Å². The molecule has 0 unspecified atom stereocenters. The minimum absolute atomic E-state index is 0.208. The van der Waals surface area contributed by atoms with Gasteiger partial charge in [-0.15, -0.1) is 11.3 Å². The van der Waals surface area contributed by atoms with E-state index < -0.39 is 0 Å². The number of anilines is 1. The quantitative estimate of drug-likeness (QED) is 0.378. The number of hydrogen-bond donors (Lipinski definition) is 1. The average molecular weight is 452 g/mol. The Balaban J connectivity index is 1.83. The first-order chi connectivity index (χ1) is 12.1. The van der Waals surface area contributed by atoms with Gasteiger partial charge in [0.15, 0.2) is 10.7 Å². The Hall–Kier alpha value is -1.91. The van der Waals surface area contributed by atoms with Gasteiger partial charge in [0.2, 0.25) is 0 Å². The second-order valence-electron chi connectivity index (χ2n) is 4.86. The lowest BCUT2D eigenvalue weighted by molar-refractivity contribution is 1.31. The lowest BCUT2D eigenvalue weighted by Gasteiger charge is -2.01. The summed E-state index contributed by atoms with van der Waals surface area (Å²) >= 11 is 16.7. The molecular formula is C17H9BrCl2N4S. The Morgan fingerprint density at radius 1 is 1.16 bits per heavy atom. The van der Waals surface area contributed by atoms with Gasteiger partial charge in [-0.2, -0.15) is 10.4 Å². The highest BCUT2D eigenvalue weighted by Crippen LogP contribution is 2.29. The molecule has 2 aromatic carbocycles. The number of nitriles is 1. The Morgan fingerprint density at radius 3 is 2.60 bits per heavy atom. The van der Waals surface area contributed by atoms with Crippen LogP contribution in [0.25, 0.3) is 11.3 Å². The van der Waals surface area contributed by atoms with Gasteiger partial charge in [-0.1, -0.05) is 45.2 Å². The molecule has 0 saturated carbocycles. The summed E-state index contributed by atoms with van der Waals surface area (Å²) in [6.45, 7) is 0. The van der Waals surface area contributed by atoms with Gasteiger partial charge in [0, 0.05) is 15.4 Å². The number of aromatic nitrogens is 1. The number of hydrazone groups is 1. The third-order valence-corrected chi connectivity index (χ3v) is 5.29. The first-order valence-electron chi connectivity index (χ1n) is 6.97. The number of thiazole rings is 1. The van der Waals surface area contributed by atoms with Gasteiger partial charge in [0.05, 0.1) is 21.4 Å². The zero-order chi connectivity index (χ0) is 17.8. The molecule has 0 aliphatic heterocycles. The lowest BCUT2D eigenvalue weighted by atomic mass is 10.2. The molecule has 124 valence electrons.